The summed E-state index contributed by atoms with van der Waals surface area (Å²) in [6, 6.07) is 6.57. The Morgan fingerprint density at radius 3 is 3.00 bits per heavy atom. The van der Waals surface area contributed by atoms with Crippen LogP contribution in [0.5, 0.6) is 5.75 Å². The van der Waals surface area contributed by atoms with Gasteiger partial charge in [0, 0.05) is 24.1 Å². The number of hydrogen-bond donors (Lipinski definition) is 2. The number of anilines is 1. The van der Waals surface area contributed by atoms with Gasteiger partial charge in [-0.15, -0.1) is 0 Å². The molecule has 114 valence electrons. The van der Waals surface area contributed by atoms with E-state index in [-0.39, 0.29) is 23.1 Å². The molecule has 0 aliphatic carbocycles. The van der Waals surface area contributed by atoms with Crippen molar-refractivity contribution in [3.05, 3.63) is 46.4 Å². The number of nitrogens with zero attached hydrogens (tertiary/aromatic N) is 2. The Bertz CT molecular complexity index is 788. The number of rotatable bonds is 2. The molecule has 0 radical (unpaired) electrons. The molecule has 3 rings (SSSR count). The van der Waals surface area contributed by atoms with Gasteiger partial charge in [0.15, 0.2) is 5.16 Å². The van der Waals surface area contributed by atoms with E-state index in [1.807, 2.05) is 0 Å². The van der Waals surface area contributed by atoms with Crippen LogP contribution in [-0.2, 0) is 11.3 Å². The van der Waals surface area contributed by atoms with Gasteiger partial charge in [-0.05, 0) is 19.1 Å². The smallest absolute Gasteiger partial charge is 0.257 e. The van der Waals surface area contributed by atoms with Gasteiger partial charge in [-0.1, -0.05) is 23.9 Å². The van der Waals surface area contributed by atoms with Crippen molar-refractivity contribution in [2.45, 2.75) is 18.6 Å². The second-order valence-electron chi connectivity index (χ2n) is 5.15. The lowest BCUT2D eigenvalue weighted by Crippen LogP contribution is -2.37. The minimum atomic E-state index is -0.349. The van der Waals surface area contributed by atoms with E-state index < -0.39 is 0 Å². The van der Waals surface area contributed by atoms with Gasteiger partial charge in [-0.2, -0.15) is 0 Å². The molecule has 22 heavy (non-hydrogen) atoms. The van der Waals surface area contributed by atoms with E-state index in [4.69, 9.17) is 0 Å². The molecule has 0 bridgehead atoms. The number of thioether (sulfide) groups is 1. The fraction of sp³-hybridized carbons (Fsp3) is 0.267. The highest BCUT2D eigenvalue weighted by molar-refractivity contribution is 7.99. The molecule has 1 atom stereocenters. The van der Waals surface area contributed by atoms with Crippen LogP contribution in [0.15, 0.2) is 40.4 Å². The van der Waals surface area contributed by atoms with Crippen LogP contribution >= 0.6 is 11.8 Å². The number of fused-ring (bicyclic) bond motifs is 1. The van der Waals surface area contributed by atoms with E-state index in [0.717, 1.165) is 0 Å². The van der Waals surface area contributed by atoms with Crippen LogP contribution in [0.3, 0.4) is 0 Å². The topological polar surface area (TPSA) is 84.2 Å². The standard InChI is InChI=1S/C15H15N3O3S/c1-9-6-16-15-18(14(9)21)7-10(8-22-15)13(20)17-11-4-2-3-5-12(11)19/h2-6,10,19H,7-8H2,1H3,(H,17,20). The number of aromatic hydroxyl groups is 1. The first-order valence-corrected chi connectivity index (χ1v) is 7.83. The Morgan fingerprint density at radius 1 is 1.45 bits per heavy atom. The normalized spacial score (nSPS) is 16.9. The van der Waals surface area contributed by atoms with Crippen LogP contribution in [0.1, 0.15) is 5.56 Å². The Morgan fingerprint density at radius 2 is 2.23 bits per heavy atom. The second kappa shape index (κ2) is 5.84. The number of hydrogen-bond acceptors (Lipinski definition) is 5. The molecule has 0 fully saturated rings. The summed E-state index contributed by atoms with van der Waals surface area (Å²) in [5, 5.41) is 13.1. The van der Waals surface area contributed by atoms with Crippen LogP contribution < -0.4 is 10.9 Å². The summed E-state index contributed by atoms with van der Waals surface area (Å²) in [4.78, 5) is 28.7. The lowest BCUT2D eigenvalue weighted by Gasteiger charge is -2.24. The Hall–Kier alpha value is -2.28. The number of carbonyl (C=O) groups excluding carboxylic acids is 1. The molecule has 1 aliphatic rings. The predicted octanol–water partition coefficient (Wildman–Crippen LogP) is 1.62. The first kappa shape index (κ1) is 14.6. The summed E-state index contributed by atoms with van der Waals surface area (Å²) in [6.07, 6.45) is 1.56. The van der Waals surface area contributed by atoms with E-state index in [1.54, 1.807) is 35.9 Å². The third-order valence-corrected chi connectivity index (χ3v) is 4.68. The molecule has 0 saturated heterocycles. The first-order valence-electron chi connectivity index (χ1n) is 6.84. The molecule has 0 saturated carbocycles. The van der Waals surface area contributed by atoms with Crippen molar-refractivity contribution in [2.24, 2.45) is 5.92 Å². The number of para-hydroxylation sites is 2. The van der Waals surface area contributed by atoms with E-state index in [1.165, 1.54) is 17.8 Å². The summed E-state index contributed by atoms with van der Waals surface area (Å²) in [5.74, 6) is 0.00965. The Labute approximate surface area is 131 Å². The molecule has 7 heteroatoms. The van der Waals surface area contributed by atoms with Crippen LogP contribution in [0.4, 0.5) is 5.69 Å². The summed E-state index contributed by atoms with van der Waals surface area (Å²) in [7, 11) is 0. The maximum Gasteiger partial charge on any atom is 0.257 e. The van der Waals surface area contributed by atoms with Crippen molar-refractivity contribution in [2.75, 3.05) is 11.1 Å². The maximum absolute atomic E-state index is 12.4. The van der Waals surface area contributed by atoms with Gasteiger partial charge in [0.05, 0.1) is 11.6 Å². The van der Waals surface area contributed by atoms with Gasteiger partial charge < -0.3 is 10.4 Å². The van der Waals surface area contributed by atoms with Crippen molar-refractivity contribution < 1.29 is 9.90 Å². The molecular formula is C15H15N3O3S. The number of carbonyl (C=O) groups is 1. The van der Waals surface area contributed by atoms with E-state index in [0.29, 0.717) is 28.7 Å². The lowest BCUT2D eigenvalue weighted by molar-refractivity contribution is -0.119. The number of aryl methyl sites for hydroxylation is 1. The quantitative estimate of drug-likeness (QED) is 0.649. The second-order valence-corrected chi connectivity index (χ2v) is 6.14. The third kappa shape index (κ3) is 2.71. The van der Waals surface area contributed by atoms with Gasteiger partial charge in [0.2, 0.25) is 5.91 Å². The predicted molar refractivity (Wildman–Crippen MR) is 84.2 cm³/mol. The van der Waals surface area contributed by atoms with Crippen molar-refractivity contribution in [3.63, 3.8) is 0 Å². The number of amides is 1. The number of nitrogens with one attached hydrogen (secondary N) is 1. The highest BCUT2D eigenvalue weighted by atomic mass is 32.2. The number of phenolic OH excluding ortho intramolecular Hbond substituents is 1. The van der Waals surface area contributed by atoms with Gasteiger partial charge in [0.1, 0.15) is 5.75 Å². The average molecular weight is 317 g/mol. The molecule has 1 unspecified atom stereocenters. The van der Waals surface area contributed by atoms with Crippen LogP contribution in [0, 0.1) is 12.8 Å². The monoisotopic (exact) mass is 317 g/mol. The molecule has 1 aromatic carbocycles. The first-order chi connectivity index (χ1) is 10.6. The summed E-state index contributed by atoms with van der Waals surface area (Å²) in [5.41, 5.74) is 0.821. The molecule has 2 aromatic rings. The molecule has 2 N–H and O–H groups in total. The van der Waals surface area contributed by atoms with E-state index >= 15 is 0 Å². The highest BCUT2D eigenvalue weighted by Gasteiger charge is 2.27. The van der Waals surface area contributed by atoms with Crippen molar-refractivity contribution >= 4 is 23.4 Å². The third-order valence-electron chi connectivity index (χ3n) is 3.53. The van der Waals surface area contributed by atoms with E-state index in [2.05, 4.69) is 10.3 Å². The van der Waals surface area contributed by atoms with Crippen molar-refractivity contribution in [3.8, 4) is 5.75 Å². The Balaban J connectivity index is 1.80. The van der Waals surface area contributed by atoms with Crippen LogP contribution in [-0.4, -0.2) is 26.3 Å². The molecular weight excluding hydrogens is 302 g/mol. The van der Waals surface area contributed by atoms with Gasteiger partial charge >= 0.3 is 0 Å². The Kier molecular flexibility index (Phi) is 3.89. The number of aromatic nitrogens is 2. The fourth-order valence-electron chi connectivity index (χ4n) is 2.27. The summed E-state index contributed by atoms with van der Waals surface area (Å²) in [6.45, 7) is 2.01. The number of benzene rings is 1. The minimum Gasteiger partial charge on any atom is -0.506 e. The number of phenols is 1. The molecule has 2 heterocycles. The molecule has 1 aromatic heterocycles. The largest absolute Gasteiger partial charge is 0.506 e. The zero-order valence-corrected chi connectivity index (χ0v) is 12.8. The fourth-order valence-corrected chi connectivity index (χ4v) is 3.32. The lowest BCUT2D eigenvalue weighted by atomic mass is 10.1. The SMILES string of the molecule is Cc1cnc2n(c1=O)CC(C(=O)Nc1ccccc1O)CS2. The highest BCUT2D eigenvalue weighted by Crippen LogP contribution is 2.27. The van der Waals surface area contributed by atoms with Gasteiger partial charge in [0.25, 0.3) is 5.56 Å². The molecule has 1 amide bonds. The molecule has 0 spiro atoms. The van der Waals surface area contributed by atoms with Crippen molar-refractivity contribution in [1.82, 2.24) is 9.55 Å². The summed E-state index contributed by atoms with van der Waals surface area (Å²) < 4.78 is 1.54. The molecule has 1 aliphatic heterocycles. The molecule has 6 nitrogen and oxygen atoms in total. The van der Waals surface area contributed by atoms with Gasteiger partial charge in [-0.3, -0.25) is 14.2 Å². The van der Waals surface area contributed by atoms with Gasteiger partial charge in [-0.25, -0.2) is 4.98 Å². The van der Waals surface area contributed by atoms with E-state index in [9.17, 15) is 14.7 Å². The average Bonchev–Trinajstić information content (AvgIpc) is 2.53. The minimum absolute atomic E-state index is 0.0226. The summed E-state index contributed by atoms with van der Waals surface area (Å²) >= 11 is 1.39. The van der Waals surface area contributed by atoms with Crippen LogP contribution in [0.25, 0.3) is 0 Å². The zero-order valence-electron chi connectivity index (χ0n) is 11.9. The van der Waals surface area contributed by atoms with Crippen LogP contribution in [0.2, 0.25) is 0 Å². The maximum atomic E-state index is 12.4. The van der Waals surface area contributed by atoms with Crippen molar-refractivity contribution in [1.29, 1.82) is 0 Å². The zero-order chi connectivity index (χ0) is 15.7.